The first kappa shape index (κ1) is 47.2. The van der Waals surface area contributed by atoms with Gasteiger partial charge >= 0.3 is 0 Å². The predicted octanol–water partition coefficient (Wildman–Crippen LogP) is 20.8. The highest BCUT2D eigenvalue weighted by Crippen LogP contribution is 2.53. The Morgan fingerprint density at radius 3 is 1.33 bits per heavy atom. The van der Waals surface area contributed by atoms with E-state index in [1.54, 1.807) is 0 Å². The second kappa shape index (κ2) is 17.1. The summed E-state index contributed by atoms with van der Waals surface area (Å²) in [4.78, 5) is 10.9. The number of nitrogens with zero attached hydrogens (tertiary/aromatic N) is 4. The van der Waals surface area contributed by atoms with Gasteiger partial charge in [-0.25, -0.2) is 9.97 Å². The molecule has 0 atom stereocenters. The molecule has 0 saturated carbocycles. The van der Waals surface area contributed by atoms with Crippen LogP contribution in [0.15, 0.2) is 255 Å². The Morgan fingerprint density at radius 1 is 0.286 bits per heavy atom. The first-order valence-electron chi connectivity index (χ1n) is 29.4. The second-order valence-corrected chi connectivity index (χ2v) is 24.5. The van der Waals surface area contributed by atoms with Crippen LogP contribution in [0.5, 0.6) is 0 Å². The topological polar surface area (TPSA) is 35.6 Å². The van der Waals surface area contributed by atoms with E-state index in [9.17, 15) is 0 Å². The van der Waals surface area contributed by atoms with Gasteiger partial charge in [0.15, 0.2) is 5.82 Å². The zero-order valence-corrected chi connectivity index (χ0v) is 47.0. The average Bonchev–Trinajstić information content (AvgIpc) is 2.07. The van der Waals surface area contributed by atoms with E-state index in [1.807, 2.05) is 0 Å². The van der Waals surface area contributed by atoms with Crippen molar-refractivity contribution in [3.05, 3.63) is 277 Å². The summed E-state index contributed by atoms with van der Waals surface area (Å²) in [7, 11) is 0. The van der Waals surface area contributed by atoms with Crippen LogP contribution in [0, 0.1) is 0 Å². The largest absolute Gasteiger partial charge is 0.309 e. The van der Waals surface area contributed by atoms with Gasteiger partial charge in [0.05, 0.1) is 33.5 Å². The van der Waals surface area contributed by atoms with E-state index in [1.165, 1.54) is 116 Å². The Labute approximate surface area is 487 Å². The van der Waals surface area contributed by atoms with Crippen molar-refractivity contribution in [1.29, 1.82) is 0 Å². The Balaban J connectivity index is 0.797. The van der Waals surface area contributed by atoms with Crippen molar-refractivity contribution in [3.8, 4) is 101 Å². The van der Waals surface area contributed by atoms with Gasteiger partial charge in [0, 0.05) is 66.0 Å². The minimum atomic E-state index is -0.140. The number of benzene rings is 12. The van der Waals surface area contributed by atoms with Crippen molar-refractivity contribution >= 4 is 54.4 Å². The Morgan fingerprint density at radius 2 is 0.726 bits per heavy atom. The standard InChI is InChI=1S/C80H54N4/c1-79(2)66-28-11-8-23-56(66)58-36-34-54(45-68(58)79)83-70-30-13-10-25-60(70)63-42-51(32-38-71(63)83)52-33-40-73-65(44-52)64-43-50(31-39-72(64)84(73)55-35-37-59-57-24-9-12-29-67(57)80(3,4)69(59)46-55)49-21-14-22-53(41-49)78-81-76(48-17-6-5-7-18-48)75-61-26-15-19-47-20-16-27-62(74(47)61)77(75)82-78/h5-46H,1-4H3. The van der Waals surface area contributed by atoms with Gasteiger partial charge in [-0.2, -0.15) is 0 Å². The Kier molecular flexibility index (Phi) is 9.60. The summed E-state index contributed by atoms with van der Waals surface area (Å²) in [6.45, 7) is 9.47. The van der Waals surface area contributed by atoms with Crippen LogP contribution in [0.1, 0.15) is 49.9 Å². The summed E-state index contributed by atoms with van der Waals surface area (Å²) < 4.78 is 4.96. The molecule has 0 N–H and O–H groups in total. The molecule has 12 aromatic carbocycles. The highest BCUT2D eigenvalue weighted by atomic mass is 15.0. The molecule has 0 fully saturated rings. The maximum atomic E-state index is 5.47. The minimum Gasteiger partial charge on any atom is -0.309 e. The molecule has 0 saturated heterocycles. The van der Waals surface area contributed by atoms with Crippen molar-refractivity contribution in [2.75, 3.05) is 0 Å². The summed E-state index contributed by atoms with van der Waals surface area (Å²) in [5.74, 6) is 0.713. The van der Waals surface area contributed by atoms with E-state index in [0.29, 0.717) is 5.82 Å². The minimum absolute atomic E-state index is 0.0989. The molecule has 15 aromatic rings. The summed E-state index contributed by atoms with van der Waals surface area (Å²) in [5, 5.41) is 7.34. The highest BCUT2D eigenvalue weighted by Gasteiger charge is 2.37. The lowest BCUT2D eigenvalue weighted by Gasteiger charge is -2.22. The van der Waals surface area contributed by atoms with Crippen molar-refractivity contribution in [2.24, 2.45) is 0 Å². The van der Waals surface area contributed by atoms with Crippen molar-refractivity contribution in [3.63, 3.8) is 0 Å². The molecule has 0 aliphatic heterocycles. The van der Waals surface area contributed by atoms with Gasteiger partial charge in [0.25, 0.3) is 0 Å². The lowest BCUT2D eigenvalue weighted by molar-refractivity contribution is 0.660. The van der Waals surface area contributed by atoms with E-state index in [0.717, 1.165) is 56.0 Å². The molecule has 0 spiro atoms. The summed E-state index contributed by atoms with van der Waals surface area (Å²) in [5.41, 5.74) is 29.7. The third-order valence-corrected chi connectivity index (χ3v) is 19.3. The SMILES string of the molecule is CC1(C)c2ccccc2-c2ccc(-n3c4ccccc4c4cc(-c5ccc6c(c5)c5cc(-c7cccc(-c8nc(-c9ccccc9)c9c(n8)-c8cccc%10cccc-9c8%10)c7)ccc5n6-c5ccc6c(c5)C(C)(C)c5ccccc5-6)ccc43)cc21. The average molecular weight is 1070 g/mol. The molecule has 3 aliphatic carbocycles. The summed E-state index contributed by atoms with van der Waals surface area (Å²) in [6, 6.07) is 94.7. The molecule has 0 bridgehead atoms. The number of aromatic nitrogens is 4. The van der Waals surface area contributed by atoms with E-state index >= 15 is 0 Å². The number of hydrogen-bond donors (Lipinski definition) is 0. The van der Waals surface area contributed by atoms with Crippen molar-refractivity contribution in [2.45, 2.75) is 38.5 Å². The monoisotopic (exact) mass is 1070 g/mol. The zero-order valence-electron chi connectivity index (χ0n) is 47.0. The third kappa shape index (κ3) is 6.54. The normalized spacial score (nSPS) is 13.9. The van der Waals surface area contributed by atoms with E-state index in [-0.39, 0.29) is 10.8 Å². The molecule has 18 rings (SSSR count). The molecular weight excluding hydrogens is 1020 g/mol. The van der Waals surface area contributed by atoms with E-state index < -0.39 is 0 Å². The molecule has 0 radical (unpaired) electrons. The molecule has 3 heterocycles. The first-order chi connectivity index (χ1) is 41.2. The molecule has 84 heavy (non-hydrogen) atoms. The lowest BCUT2D eigenvalue weighted by Crippen LogP contribution is -2.15. The van der Waals surface area contributed by atoms with Gasteiger partial charge < -0.3 is 9.13 Å². The maximum Gasteiger partial charge on any atom is 0.160 e. The lowest BCUT2D eigenvalue weighted by atomic mass is 9.82. The second-order valence-electron chi connectivity index (χ2n) is 24.5. The van der Waals surface area contributed by atoms with Gasteiger partial charge in [0.1, 0.15) is 0 Å². The third-order valence-electron chi connectivity index (χ3n) is 19.3. The van der Waals surface area contributed by atoms with Crippen LogP contribution in [0.4, 0.5) is 0 Å². The number of fused-ring (bicyclic) bond motifs is 15. The van der Waals surface area contributed by atoms with Crippen LogP contribution in [0.25, 0.3) is 155 Å². The molecular formula is C80H54N4. The zero-order chi connectivity index (χ0) is 55.7. The molecule has 4 heteroatoms. The van der Waals surface area contributed by atoms with Gasteiger partial charge in [-0.15, -0.1) is 0 Å². The highest BCUT2D eigenvalue weighted by molar-refractivity contribution is 6.17. The number of hydrogen-bond acceptors (Lipinski definition) is 2. The van der Waals surface area contributed by atoms with Crippen LogP contribution in [-0.4, -0.2) is 19.1 Å². The Bertz CT molecular complexity index is 5370. The van der Waals surface area contributed by atoms with Crippen LogP contribution in [0.3, 0.4) is 0 Å². The summed E-state index contributed by atoms with van der Waals surface area (Å²) in [6.07, 6.45) is 0. The van der Waals surface area contributed by atoms with Gasteiger partial charge in [-0.3, -0.25) is 0 Å². The molecule has 394 valence electrons. The van der Waals surface area contributed by atoms with Crippen LogP contribution >= 0.6 is 0 Å². The van der Waals surface area contributed by atoms with Crippen LogP contribution in [0.2, 0.25) is 0 Å². The van der Waals surface area contributed by atoms with E-state index in [4.69, 9.17) is 9.97 Å². The van der Waals surface area contributed by atoms with Crippen LogP contribution < -0.4 is 0 Å². The number of para-hydroxylation sites is 1. The van der Waals surface area contributed by atoms with Gasteiger partial charge in [0.2, 0.25) is 0 Å². The first-order valence-corrected chi connectivity index (χ1v) is 29.4. The summed E-state index contributed by atoms with van der Waals surface area (Å²) >= 11 is 0. The molecule has 3 aliphatic rings. The molecule has 0 unspecified atom stereocenters. The Hall–Kier alpha value is -10.4. The van der Waals surface area contributed by atoms with Crippen molar-refractivity contribution < 1.29 is 0 Å². The smallest absolute Gasteiger partial charge is 0.160 e. The molecule has 3 aromatic heterocycles. The molecule has 0 amide bonds. The van der Waals surface area contributed by atoms with E-state index in [2.05, 4.69) is 292 Å². The fourth-order valence-electron chi connectivity index (χ4n) is 15.2. The van der Waals surface area contributed by atoms with Gasteiger partial charge in [-0.05, 0) is 156 Å². The fourth-order valence-corrected chi connectivity index (χ4v) is 15.2. The van der Waals surface area contributed by atoms with Crippen molar-refractivity contribution in [1.82, 2.24) is 19.1 Å². The fraction of sp³-hybridized carbons (Fsp3) is 0.0750. The van der Waals surface area contributed by atoms with Gasteiger partial charge in [-0.1, -0.05) is 210 Å². The maximum absolute atomic E-state index is 5.47. The molecule has 4 nitrogen and oxygen atoms in total. The van der Waals surface area contributed by atoms with Crippen LogP contribution in [-0.2, 0) is 10.8 Å². The quantitative estimate of drug-likeness (QED) is 0.166. The predicted molar refractivity (Wildman–Crippen MR) is 350 cm³/mol. The number of rotatable bonds is 6.